The Kier molecular flexibility index (Phi) is 3.14. The molecule has 0 spiro atoms. The lowest BCUT2D eigenvalue weighted by Crippen LogP contribution is -2.05. The molecule has 2 aromatic rings. The maximum absolute atomic E-state index is 5.76. The van der Waals surface area contributed by atoms with Gasteiger partial charge >= 0.3 is 0 Å². The molecule has 0 saturated heterocycles. The Labute approximate surface area is 97.0 Å². The minimum atomic E-state index is 0.0205. The number of thiazole rings is 2. The minimum absolute atomic E-state index is 0.0205. The molecular weight excluding hydrogens is 226 g/mol. The smallest absolute Gasteiger partial charge is 0.0989 e. The van der Waals surface area contributed by atoms with E-state index >= 15 is 0 Å². The van der Waals surface area contributed by atoms with Crippen LogP contribution in [0, 0.1) is 6.92 Å². The fraction of sp³-hybridized carbons (Fsp3) is 0.400. The molecule has 2 heterocycles. The molecule has 1 atom stereocenters. The molecule has 0 aliphatic carbocycles. The summed E-state index contributed by atoms with van der Waals surface area (Å²) in [6.07, 6.45) is 0.821. The van der Waals surface area contributed by atoms with E-state index in [4.69, 9.17) is 5.73 Å². The first-order chi connectivity index (χ1) is 7.15. The summed E-state index contributed by atoms with van der Waals surface area (Å²) in [5.74, 6) is 0. The fourth-order valence-electron chi connectivity index (χ4n) is 1.26. The summed E-state index contributed by atoms with van der Waals surface area (Å²) in [7, 11) is 0. The van der Waals surface area contributed by atoms with Crippen LogP contribution >= 0.6 is 22.7 Å². The van der Waals surface area contributed by atoms with Gasteiger partial charge in [-0.2, -0.15) is 0 Å². The molecule has 2 rings (SSSR count). The number of rotatable bonds is 3. The van der Waals surface area contributed by atoms with Gasteiger partial charge in [0.2, 0.25) is 0 Å². The summed E-state index contributed by atoms with van der Waals surface area (Å²) in [6, 6.07) is 0.0205. The van der Waals surface area contributed by atoms with E-state index in [0.29, 0.717) is 0 Å². The second kappa shape index (κ2) is 4.38. The van der Waals surface area contributed by atoms with Crippen LogP contribution in [0.2, 0.25) is 0 Å². The van der Waals surface area contributed by atoms with Gasteiger partial charge in [-0.3, -0.25) is 0 Å². The molecule has 5 heteroatoms. The molecule has 0 amide bonds. The van der Waals surface area contributed by atoms with Crippen molar-refractivity contribution in [1.29, 1.82) is 0 Å². The first-order valence-corrected chi connectivity index (χ1v) is 6.52. The molecule has 2 N–H and O–H groups in total. The SMILES string of the molecule is Cc1nc(Cc2nc(C(C)N)cs2)cs1. The third-order valence-electron chi connectivity index (χ3n) is 2.03. The summed E-state index contributed by atoms with van der Waals surface area (Å²) >= 11 is 3.33. The molecule has 2 aromatic heterocycles. The van der Waals surface area contributed by atoms with Crippen LogP contribution in [0.1, 0.15) is 34.4 Å². The van der Waals surface area contributed by atoms with Crippen molar-refractivity contribution in [3.8, 4) is 0 Å². The quantitative estimate of drug-likeness (QED) is 0.895. The van der Waals surface area contributed by atoms with Crippen molar-refractivity contribution >= 4 is 22.7 Å². The van der Waals surface area contributed by atoms with E-state index in [-0.39, 0.29) is 6.04 Å². The predicted molar refractivity (Wildman–Crippen MR) is 64.4 cm³/mol. The number of hydrogen-bond donors (Lipinski definition) is 1. The highest BCUT2D eigenvalue weighted by Gasteiger charge is 2.07. The standard InChI is InChI=1S/C10H13N3S2/c1-6(11)9-5-15-10(13-9)3-8-4-14-7(2)12-8/h4-6H,3,11H2,1-2H3. The van der Waals surface area contributed by atoms with Crippen LogP contribution in [0.15, 0.2) is 10.8 Å². The van der Waals surface area contributed by atoms with Crippen molar-refractivity contribution < 1.29 is 0 Å². The summed E-state index contributed by atoms with van der Waals surface area (Å²) in [5.41, 5.74) is 7.83. The Bertz CT molecular complexity index is 445. The molecule has 0 radical (unpaired) electrons. The second-order valence-electron chi connectivity index (χ2n) is 3.49. The Morgan fingerprint density at radius 1 is 1.33 bits per heavy atom. The monoisotopic (exact) mass is 239 g/mol. The van der Waals surface area contributed by atoms with E-state index < -0.39 is 0 Å². The summed E-state index contributed by atoms with van der Waals surface area (Å²) in [6.45, 7) is 3.97. The third kappa shape index (κ3) is 2.62. The van der Waals surface area contributed by atoms with Gasteiger partial charge < -0.3 is 5.73 Å². The van der Waals surface area contributed by atoms with Crippen molar-refractivity contribution in [3.63, 3.8) is 0 Å². The lowest BCUT2D eigenvalue weighted by atomic mass is 10.3. The number of hydrogen-bond acceptors (Lipinski definition) is 5. The highest BCUT2D eigenvalue weighted by molar-refractivity contribution is 7.10. The normalized spacial score (nSPS) is 13.0. The van der Waals surface area contributed by atoms with Crippen LogP contribution in [0.4, 0.5) is 0 Å². The van der Waals surface area contributed by atoms with E-state index in [1.807, 2.05) is 19.2 Å². The topological polar surface area (TPSA) is 51.8 Å². The zero-order valence-electron chi connectivity index (χ0n) is 8.73. The lowest BCUT2D eigenvalue weighted by Gasteiger charge is -1.97. The largest absolute Gasteiger partial charge is 0.323 e. The molecule has 0 saturated carbocycles. The molecule has 0 bridgehead atoms. The number of nitrogens with two attached hydrogens (primary N) is 1. The van der Waals surface area contributed by atoms with Crippen LogP contribution in [0.3, 0.4) is 0 Å². The molecular formula is C10H13N3S2. The molecule has 15 heavy (non-hydrogen) atoms. The van der Waals surface area contributed by atoms with Crippen molar-refractivity contribution in [2.45, 2.75) is 26.3 Å². The van der Waals surface area contributed by atoms with E-state index in [1.54, 1.807) is 22.7 Å². The average Bonchev–Trinajstić information content (AvgIpc) is 2.76. The molecule has 0 fully saturated rings. The molecule has 0 aliphatic heterocycles. The second-order valence-corrected chi connectivity index (χ2v) is 5.49. The molecule has 3 nitrogen and oxygen atoms in total. The summed E-state index contributed by atoms with van der Waals surface area (Å²) in [4.78, 5) is 8.89. The van der Waals surface area contributed by atoms with Crippen LogP contribution in [-0.2, 0) is 6.42 Å². The van der Waals surface area contributed by atoms with Crippen LogP contribution in [0.5, 0.6) is 0 Å². The third-order valence-corrected chi connectivity index (χ3v) is 3.72. The summed E-state index contributed by atoms with van der Waals surface area (Å²) < 4.78 is 0. The Morgan fingerprint density at radius 2 is 2.13 bits per heavy atom. The zero-order valence-corrected chi connectivity index (χ0v) is 10.4. The Morgan fingerprint density at radius 3 is 2.67 bits per heavy atom. The van der Waals surface area contributed by atoms with Crippen molar-refractivity contribution in [3.05, 3.63) is 32.2 Å². The van der Waals surface area contributed by atoms with Gasteiger partial charge in [0.25, 0.3) is 0 Å². The van der Waals surface area contributed by atoms with Gasteiger partial charge in [-0.25, -0.2) is 9.97 Å². The highest BCUT2D eigenvalue weighted by atomic mass is 32.1. The average molecular weight is 239 g/mol. The molecule has 1 unspecified atom stereocenters. The van der Waals surface area contributed by atoms with Gasteiger partial charge in [0, 0.05) is 23.2 Å². The first-order valence-electron chi connectivity index (χ1n) is 4.76. The zero-order chi connectivity index (χ0) is 10.8. The maximum Gasteiger partial charge on any atom is 0.0989 e. The molecule has 80 valence electrons. The van der Waals surface area contributed by atoms with Gasteiger partial charge in [-0.15, -0.1) is 22.7 Å². The number of aryl methyl sites for hydroxylation is 1. The van der Waals surface area contributed by atoms with Crippen molar-refractivity contribution in [1.82, 2.24) is 9.97 Å². The molecule has 0 aromatic carbocycles. The lowest BCUT2D eigenvalue weighted by molar-refractivity contribution is 0.783. The van der Waals surface area contributed by atoms with E-state index in [0.717, 1.165) is 27.8 Å². The molecule has 0 aliphatic rings. The van der Waals surface area contributed by atoms with E-state index in [2.05, 4.69) is 15.3 Å². The van der Waals surface area contributed by atoms with Crippen molar-refractivity contribution in [2.24, 2.45) is 5.73 Å². The van der Waals surface area contributed by atoms with E-state index in [9.17, 15) is 0 Å². The number of nitrogens with zero attached hydrogens (tertiary/aromatic N) is 2. The number of aromatic nitrogens is 2. The van der Waals surface area contributed by atoms with E-state index in [1.165, 1.54) is 0 Å². The Balaban J connectivity index is 2.11. The Hall–Kier alpha value is -0.780. The van der Waals surface area contributed by atoms with Gasteiger partial charge in [0.1, 0.15) is 0 Å². The van der Waals surface area contributed by atoms with Gasteiger partial charge in [-0.1, -0.05) is 0 Å². The van der Waals surface area contributed by atoms with Crippen molar-refractivity contribution in [2.75, 3.05) is 0 Å². The summed E-state index contributed by atoms with van der Waals surface area (Å²) in [5, 5.41) is 6.31. The predicted octanol–water partition coefficient (Wildman–Crippen LogP) is 2.52. The van der Waals surface area contributed by atoms with Crippen LogP contribution < -0.4 is 5.73 Å². The fourth-order valence-corrected chi connectivity index (χ4v) is 2.79. The van der Waals surface area contributed by atoms with Gasteiger partial charge in [0.05, 0.1) is 21.4 Å². The van der Waals surface area contributed by atoms with Gasteiger partial charge in [0.15, 0.2) is 0 Å². The van der Waals surface area contributed by atoms with Crippen LogP contribution in [-0.4, -0.2) is 9.97 Å². The maximum atomic E-state index is 5.76. The minimum Gasteiger partial charge on any atom is -0.323 e. The van der Waals surface area contributed by atoms with Gasteiger partial charge in [-0.05, 0) is 13.8 Å². The highest BCUT2D eigenvalue weighted by Crippen LogP contribution is 2.18. The van der Waals surface area contributed by atoms with Crippen LogP contribution in [0.25, 0.3) is 0 Å². The first kappa shape index (κ1) is 10.7.